The van der Waals surface area contributed by atoms with Crippen LogP contribution in [0.3, 0.4) is 0 Å². The zero-order valence-corrected chi connectivity index (χ0v) is 22.3. The average molecular weight is 557 g/mol. The number of aryl methyl sites for hydroxylation is 1. The van der Waals surface area contributed by atoms with Gasteiger partial charge in [0.05, 0.1) is 5.57 Å². The minimum atomic E-state index is -0.709. The number of aromatic nitrogens is 4. The lowest BCUT2D eigenvalue weighted by atomic mass is 9.95. The van der Waals surface area contributed by atoms with Gasteiger partial charge < -0.3 is 9.73 Å². The van der Waals surface area contributed by atoms with Crippen LogP contribution < -0.4 is 16.0 Å². The van der Waals surface area contributed by atoms with Crippen molar-refractivity contribution in [2.75, 3.05) is 10.6 Å². The van der Waals surface area contributed by atoms with E-state index in [0.717, 1.165) is 16.6 Å². The van der Waals surface area contributed by atoms with E-state index < -0.39 is 6.04 Å². The fraction of sp³-hybridized carbons (Fsp3) is 0.111. The SMILES string of the molecule is CC1=C(C(=O)Nc2nnc(-c3cccnc3)s2)C(c2ccccc2Cl)N=C(Nc2nc3cc(C)ccc3o2)N1. The lowest BCUT2D eigenvalue weighted by Crippen LogP contribution is -2.37. The maximum atomic E-state index is 13.6. The number of fused-ring (bicyclic) bond motifs is 1. The van der Waals surface area contributed by atoms with E-state index in [1.165, 1.54) is 11.3 Å². The van der Waals surface area contributed by atoms with Crippen LogP contribution in [0.4, 0.5) is 11.1 Å². The molecular weight excluding hydrogens is 536 g/mol. The number of amides is 1. The van der Waals surface area contributed by atoms with Crippen molar-refractivity contribution in [1.29, 1.82) is 0 Å². The summed E-state index contributed by atoms with van der Waals surface area (Å²) in [5, 5.41) is 18.9. The lowest BCUT2D eigenvalue weighted by molar-refractivity contribution is -0.113. The highest BCUT2D eigenvalue weighted by Crippen LogP contribution is 2.36. The third kappa shape index (κ3) is 5.09. The van der Waals surface area contributed by atoms with Gasteiger partial charge in [-0.3, -0.25) is 20.4 Å². The van der Waals surface area contributed by atoms with Crippen molar-refractivity contribution in [2.45, 2.75) is 19.9 Å². The minimum Gasteiger partial charge on any atom is -0.423 e. The largest absolute Gasteiger partial charge is 0.423 e. The Morgan fingerprint density at radius 3 is 2.79 bits per heavy atom. The van der Waals surface area contributed by atoms with Gasteiger partial charge in [0.2, 0.25) is 11.1 Å². The van der Waals surface area contributed by atoms with Crippen LogP contribution in [0.5, 0.6) is 0 Å². The molecular formula is C27H21ClN8O2S. The number of nitrogens with one attached hydrogen (secondary N) is 3. The molecule has 1 aliphatic rings. The average Bonchev–Trinajstić information content (AvgIpc) is 3.55. The second-order valence-electron chi connectivity index (χ2n) is 8.79. The number of allylic oxidation sites excluding steroid dienone is 1. The third-order valence-electron chi connectivity index (χ3n) is 6.01. The number of carbonyl (C=O) groups excluding carboxylic acids is 1. The van der Waals surface area contributed by atoms with Gasteiger partial charge in [0.15, 0.2) is 10.6 Å². The first-order valence-corrected chi connectivity index (χ1v) is 13.1. The number of benzene rings is 2. The van der Waals surface area contributed by atoms with Gasteiger partial charge >= 0.3 is 6.01 Å². The molecule has 0 spiro atoms. The molecule has 2 aromatic carbocycles. The molecule has 0 bridgehead atoms. The maximum Gasteiger partial charge on any atom is 0.302 e. The number of pyridine rings is 1. The van der Waals surface area contributed by atoms with Crippen LogP contribution in [-0.2, 0) is 4.79 Å². The Hall–Kier alpha value is -4.61. The molecule has 10 nitrogen and oxygen atoms in total. The van der Waals surface area contributed by atoms with Crippen LogP contribution in [0.2, 0.25) is 5.02 Å². The standard InChI is InChI=1S/C27H21ClN8O2S/c1-14-9-10-20-19(12-14)31-26(38-20)34-25-30-15(2)21(22(32-25)17-7-3-4-8-18(17)28)23(37)33-27-36-35-24(39-27)16-6-5-11-29-13-16/h3-13,22H,1-2H3,(H,33,36,37)(H2,30,31,32,34). The molecule has 0 radical (unpaired) electrons. The molecule has 0 saturated heterocycles. The van der Waals surface area contributed by atoms with Crippen LogP contribution >= 0.6 is 22.9 Å². The van der Waals surface area contributed by atoms with Crippen molar-refractivity contribution in [3.8, 4) is 10.6 Å². The summed E-state index contributed by atoms with van der Waals surface area (Å²) < 4.78 is 5.84. The number of anilines is 2. The zero-order valence-electron chi connectivity index (χ0n) is 20.8. The Balaban J connectivity index is 1.30. The number of nitrogens with zero attached hydrogens (tertiary/aromatic N) is 5. The van der Waals surface area contributed by atoms with Crippen molar-refractivity contribution in [1.82, 2.24) is 25.5 Å². The molecule has 194 valence electrons. The van der Waals surface area contributed by atoms with E-state index >= 15 is 0 Å². The van der Waals surface area contributed by atoms with Crippen LogP contribution in [-0.4, -0.2) is 32.0 Å². The quantitative estimate of drug-likeness (QED) is 0.250. The number of hydrogen-bond donors (Lipinski definition) is 3. The second kappa shape index (κ2) is 10.3. The first-order valence-electron chi connectivity index (χ1n) is 11.9. The van der Waals surface area contributed by atoms with Gasteiger partial charge in [-0.2, -0.15) is 4.98 Å². The molecule has 6 rings (SSSR count). The highest BCUT2D eigenvalue weighted by molar-refractivity contribution is 7.18. The highest BCUT2D eigenvalue weighted by Gasteiger charge is 2.31. The van der Waals surface area contributed by atoms with E-state index in [4.69, 9.17) is 21.0 Å². The third-order valence-corrected chi connectivity index (χ3v) is 7.24. The van der Waals surface area contributed by atoms with Crippen molar-refractivity contribution in [3.63, 3.8) is 0 Å². The van der Waals surface area contributed by atoms with Crippen LogP contribution in [0.1, 0.15) is 24.1 Å². The first kappa shape index (κ1) is 24.7. The molecule has 39 heavy (non-hydrogen) atoms. The summed E-state index contributed by atoms with van der Waals surface area (Å²) in [6, 6.07) is 16.3. The van der Waals surface area contributed by atoms with Gasteiger partial charge in [0.1, 0.15) is 11.6 Å². The molecule has 1 atom stereocenters. The monoisotopic (exact) mass is 556 g/mol. The Morgan fingerprint density at radius 1 is 1.10 bits per heavy atom. The van der Waals surface area contributed by atoms with Gasteiger partial charge in [-0.15, -0.1) is 10.2 Å². The summed E-state index contributed by atoms with van der Waals surface area (Å²) in [6.07, 6.45) is 3.38. The Labute approximate surface area is 231 Å². The predicted molar refractivity (Wildman–Crippen MR) is 152 cm³/mol. The normalized spacial score (nSPS) is 15.2. The van der Waals surface area contributed by atoms with Gasteiger partial charge in [0.25, 0.3) is 5.91 Å². The van der Waals surface area contributed by atoms with Crippen molar-refractivity contribution in [3.05, 3.63) is 94.4 Å². The van der Waals surface area contributed by atoms with E-state index in [1.54, 1.807) is 25.4 Å². The van der Waals surface area contributed by atoms with Crippen LogP contribution in [0.15, 0.2) is 87.7 Å². The number of guanidine groups is 1. The number of rotatable bonds is 5. The fourth-order valence-electron chi connectivity index (χ4n) is 4.19. The molecule has 1 amide bonds. The molecule has 3 N–H and O–H groups in total. The van der Waals surface area contributed by atoms with Gasteiger partial charge in [-0.1, -0.05) is 47.2 Å². The van der Waals surface area contributed by atoms with Gasteiger partial charge in [-0.25, -0.2) is 4.99 Å². The molecule has 4 heterocycles. The van der Waals surface area contributed by atoms with E-state index in [9.17, 15) is 4.79 Å². The summed E-state index contributed by atoms with van der Waals surface area (Å²) in [7, 11) is 0. The summed E-state index contributed by atoms with van der Waals surface area (Å²) in [5.74, 6) is -0.00836. The lowest BCUT2D eigenvalue weighted by Gasteiger charge is -2.26. The Morgan fingerprint density at radius 2 is 1.97 bits per heavy atom. The number of carbonyl (C=O) groups is 1. The van der Waals surface area contributed by atoms with E-state index in [2.05, 4.69) is 36.1 Å². The van der Waals surface area contributed by atoms with Crippen LogP contribution in [0.25, 0.3) is 21.7 Å². The van der Waals surface area contributed by atoms with Crippen molar-refractivity contribution >= 4 is 57.1 Å². The molecule has 1 aliphatic heterocycles. The summed E-state index contributed by atoms with van der Waals surface area (Å²) in [5.41, 5.74) is 4.91. The fourth-order valence-corrected chi connectivity index (χ4v) is 5.16. The second-order valence-corrected chi connectivity index (χ2v) is 10.2. The van der Waals surface area contributed by atoms with Gasteiger partial charge in [-0.05, 0) is 49.7 Å². The van der Waals surface area contributed by atoms with E-state index in [1.807, 2.05) is 55.5 Å². The number of hydrogen-bond acceptors (Lipinski definition) is 10. The summed E-state index contributed by atoms with van der Waals surface area (Å²) in [4.78, 5) is 27.0. The van der Waals surface area contributed by atoms with E-state index in [0.29, 0.717) is 43.5 Å². The highest BCUT2D eigenvalue weighted by atomic mass is 35.5. The minimum absolute atomic E-state index is 0.275. The Bertz CT molecular complexity index is 1760. The van der Waals surface area contributed by atoms with Gasteiger partial charge in [0, 0.05) is 34.2 Å². The van der Waals surface area contributed by atoms with E-state index in [-0.39, 0.29) is 11.9 Å². The Kier molecular flexibility index (Phi) is 6.51. The number of halogens is 1. The van der Waals surface area contributed by atoms with Crippen molar-refractivity contribution in [2.24, 2.45) is 4.99 Å². The smallest absolute Gasteiger partial charge is 0.302 e. The molecule has 0 aliphatic carbocycles. The first-order chi connectivity index (χ1) is 18.9. The molecule has 5 aromatic rings. The molecule has 3 aromatic heterocycles. The van der Waals surface area contributed by atoms with Crippen LogP contribution in [0, 0.1) is 6.92 Å². The van der Waals surface area contributed by atoms with Crippen molar-refractivity contribution < 1.29 is 9.21 Å². The maximum absolute atomic E-state index is 13.6. The molecule has 0 saturated carbocycles. The summed E-state index contributed by atoms with van der Waals surface area (Å²) in [6.45, 7) is 3.79. The number of aliphatic imine (C=N–C) groups is 1. The topological polar surface area (TPSA) is 130 Å². The number of oxazole rings is 1. The molecule has 12 heteroatoms. The zero-order chi connectivity index (χ0) is 26.9. The summed E-state index contributed by atoms with van der Waals surface area (Å²) >= 11 is 7.81. The predicted octanol–water partition coefficient (Wildman–Crippen LogP) is 5.73. The molecule has 0 fully saturated rings. The molecule has 1 unspecified atom stereocenters.